The quantitative estimate of drug-likeness (QED) is 0.379. The van der Waals surface area contributed by atoms with Gasteiger partial charge in [0, 0.05) is 5.41 Å². The van der Waals surface area contributed by atoms with Gasteiger partial charge < -0.3 is 29.9 Å². The molecule has 2 saturated carbocycles. The molecule has 8 heteroatoms. The molecule has 2 saturated heterocycles. The van der Waals surface area contributed by atoms with E-state index in [4.69, 9.17) is 9.47 Å². The second-order valence-corrected chi connectivity index (χ2v) is 7.62. The van der Waals surface area contributed by atoms with Crippen molar-refractivity contribution in [1.82, 2.24) is 0 Å². The fourth-order valence-electron chi connectivity index (χ4n) is 5.66. The van der Waals surface area contributed by atoms with E-state index < -0.39 is 58.2 Å². The summed E-state index contributed by atoms with van der Waals surface area (Å²) in [7, 11) is 0. The van der Waals surface area contributed by atoms with Crippen LogP contribution in [0.1, 0.15) is 26.7 Å². The minimum Gasteiger partial charge on any atom is -0.464 e. The Hall–Kier alpha value is -1.22. The third kappa shape index (κ3) is 1.18. The zero-order valence-corrected chi connectivity index (χ0v) is 12.9. The van der Waals surface area contributed by atoms with E-state index in [1.807, 2.05) is 0 Å². The lowest BCUT2D eigenvalue weighted by Gasteiger charge is -2.69. The first-order valence-electron chi connectivity index (χ1n) is 7.76. The second-order valence-electron chi connectivity index (χ2n) is 7.62. The van der Waals surface area contributed by atoms with Gasteiger partial charge in [-0.1, -0.05) is 6.92 Å². The normalized spacial score (nSPS) is 60.8. The molecule has 0 aromatic heterocycles. The summed E-state index contributed by atoms with van der Waals surface area (Å²) in [4.78, 5) is 24.5. The Morgan fingerprint density at radius 3 is 2.39 bits per heavy atom. The maximum Gasteiger partial charge on any atom is 0.336 e. The molecule has 4 rings (SSSR count). The van der Waals surface area contributed by atoms with Crippen molar-refractivity contribution in [3.63, 3.8) is 0 Å². The molecule has 4 fully saturated rings. The Morgan fingerprint density at radius 2 is 1.87 bits per heavy atom. The van der Waals surface area contributed by atoms with E-state index in [9.17, 15) is 30.0 Å². The van der Waals surface area contributed by atoms with E-state index in [-0.39, 0.29) is 19.4 Å². The Bertz CT molecular complexity index is 617. The average molecular weight is 328 g/mol. The lowest BCUT2D eigenvalue weighted by molar-refractivity contribution is -0.371. The highest BCUT2D eigenvalue weighted by Gasteiger charge is 2.89. The zero-order valence-electron chi connectivity index (χ0n) is 12.9. The Balaban J connectivity index is 2.04. The lowest BCUT2D eigenvalue weighted by atomic mass is 9.42. The summed E-state index contributed by atoms with van der Waals surface area (Å²) in [6.45, 7) is 2.71. The predicted octanol–water partition coefficient (Wildman–Crippen LogP) is -1.91. The molecular formula is C15H20O8. The number of aliphatic hydroxyl groups excluding tert-OH is 2. The van der Waals surface area contributed by atoms with Gasteiger partial charge in [-0.15, -0.1) is 0 Å². The number of ether oxygens (including phenoxy) is 2. The maximum atomic E-state index is 12.4. The maximum absolute atomic E-state index is 12.4. The number of aliphatic hydroxyl groups is 4. The number of fused-ring (bicyclic) bond motifs is 2. The summed E-state index contributed by atoms with van der Waals surface area (Å²) in [6, 6.07) is 0. The van der Waals surface area contributed by atoms with Crippen molar-refractivity contribution in [3.8, 4) is 0 Å². The van der Waals surface area contributed by atoms with Gasteiger partial charge in [-0.3, -0.25) is 4.79 Å². The van der Waals surface area contributed by atoms with Crippen LogP contribution in [0.5, 0.6) is 0 Å². The minimum atomic E-state index is -2.17. The summed E-state index contributed by atoms with van der Waals surface area (Å²) >= 11 is 0. The third-order valence-corrected chi connectivity index (χ3v) is 7.05. The van der Waals surface area contributed by atoms with Gasteiger partial charge in [0.15, 0.2) is 11.5 Å². The third-order valence-electron chi connectivity index (χ3n) is 7.05. The minimum absolute atomic E-state index is 0.0311. The number of carbonyl (C=O) groups excluding carboxylic acids is 2. The summed E-state index contributed by atoms with van der Waals surface area (Å²) < 4.78 is 10.0. The van der Waals surface area contributed by atoms with Crippen LogP contribution in [-0.4, -0.2) is 68.5 Å². The van der Waals surface area contributed by atoms with Crippen molar-refractivity contribution < 1.29 is 39.5 Å². The largest absolute Gasteiger partial charge is 0.464 e. The highest BCUT2D eigenvalue weighted by atomic mass is 16.6. The van der Waals surface area contributed by atoms with E-state index in [1.165, 1.54) is 6.92 Å². The van der Waals surface area contributed by atoms with Gasteiger partial charge in [0.25, 0.3) is 0 Å². The molecule has 0 aromatic rings. The molecule has 23 heavy (non-hydrogen) atoms. The first-order chi connectivity index (χ1) is 10.6. The summed E-state index contributed by atoms with van der Waals surface area (Å²) in [6.07, 6.45) is -4.06. The van der Waals surface area contributed by atoms with Crippen LogP contribution in [0.25, 0.3) is 0 Å². The Morgan fingerprint density at radius 1 is 1.22 bits per heavy atom. The standard InChI is InChI=1S/C15H20O8/c1-6-3-7(16)15(21)13(6)4-8(23-10(18)9(13)17)12(2,20)14(15)5-22-11(14)19/h6-9,16-17,20-21H,3-5H2,1-2H3/t6-,7-,8?,9+,12+,13+,14+,15-/m1/s1. The fraction of sp³-hybridized carbons (Fsp3) is 0.867. The molecule has 4 N–H and O–H groups in total. The van der Waals surface area contributed by atoms with Crippen molar-refractivity contribution in [1.29, 1.82) is 0 Å². The van der Waals surface area contributed by atoms with Crippen LogP contribution in [0.4, 0.5) is 0 Å². The molecule has 1 unspecified atom stereocenters. The Labute approximate surface area is 132 Å². The lowest BCUT2D eigenvalue weighted by Crippen LogP contribution is -2.87. The van der Waals surface area contributed by atoms with Gasteiger partial charge in [0.05, 0.1) is 6.10 Å². The number of hydrogen-bond donors (Lipinski definition) is 4. The summed E-state index contributed by atoms with van der Waals surface area (Å²) in [5, 5.41) is 43.7. The molecule has 8 atom stereocenters. The number of cyclic esters (lactones) is 1. The van der Waals surface area contributed by atoms with Gasteiger partial charge >= 0.3 is 11.9 Å². The SMILES string of the molecule is C[C@@H]1C[C@@H](O)[C@@]2(O)[C@@]13CC(OC(=O)[C@@H]3O)[C@](C)(O)[C@@]21COC1=O. The van der Waals surface area contributed by atoms with Crippen molar-refractivity contribution >= 4 is 11.9 Å². The highest BCUT2D eigenvalue weighted by molar-refractivity contribution is 5.88. The van der Waals surface area contributed by atoms with Crippen LogP contribution >= 0.6 is 0 Å². The van der Waals surface area contributed by atoms with Crippen LogP contribution in [0.2, 0.25) is 0 Å². The molecule has 2 heterocycles. The van der Waals surface area contributed by atoms with Gasteiger partial charge in [0.2, 0.25) is 0 Å². The molecule has 8 nitrogen and oxygen atoms in total. The molecule has 2 bridgehead atoms. The first kappa shape index (κ1) is 15.3. The van der Waals surface area contributed by atoms with Crippen LogP contribution in [-0.2, 0) is 19.1 Å². The molecule has 2 spiro atoms. The van der Waals surface area contributed by atoms with Gasteiger partial charge in [-0.25, -0.2) is 4.79 Å². The fourth-order valence-corrected chi connectivity index (χ4v) is 5.66. The van der Waals surface area contributed by atoms with Crippen LogP contribution < -0.4 is 0 Å². The Kier molecular flexibility index (Phi) is 2.58. The molecule has 0 aromatic carbocycles. The van der Waals surface area contributed by atoms with Gasteiger partial charge in [0.1, 0.15) is 23.9 Å². The predicted molar refractivity (Wildman–Crippen MR) is 71.7 cm³/mol. The van der Waals surface area contributed by atoms with E-state index in [2.05, 4.69) is 0 Å². The zero-order chi connectivity index (χ0) is 17.0. The average Bonchev–Trinajstić information content (AvgIpc) is 2.64. The molecule has 0 radical (unpaired) electrons. The van der Waals surface area contributed by atoms with Crippen molar-refractivity contribution in [2.24, 2.45) is 16.7 Å². The smallest absolute Gasteiger partial charge is 0.336 e. The first-order valence-corrected chi connectivity index (χ1v) is 7.76. The van der Waals surface area contributed by atoms with Crippen molar-refractivity contribution in [2.45, 2.75) is 56.2 Å². The highest BCUT2D eigenvalue weighted by Crippen LogP contribution is 2.72. The number of hydrogen-bond acceptors (Lipinski definition) is 8. The molecular weight excluding hydrogens is 308 g/mol. The van der Waals surface area contributed by atoms with Crippen LogP contribution in [0.3, 0.4) is 0 Å². The molecule has 2 aliphatic carbocycles. The van der Waals surface area contributed by atoms with Crippen molar-refractivity contribution in [3.05, 3.63) is 0 Å². The van der Waals surface area contributed by atoms with Gasteiger partial charge in [-0.2, -0.15) is 0 Å². The van der Waals surface area contributed by atoms with E-state index in [0.717, 1.165) is 0 Å². The van der Waals surface area contributed by atoms with Crippen LogP contribution in [0, 0.1) is 16.7 Å². The molecule has 4 aliphatic rings. The summed E-state index contributed by atoms with van der Waals surface area (Å²) in [5.41, 5.74) is -7.39. The molecule has 128 valence electrons. The number of rotatable bonds is 0. The molecule has 2 aliphatic heterocycles. The van der Waals surface area contributed by atoms with E-state index in [1.54, 1.807) is 6.92 Å². The van der Waals surface area contributed by atoms with E-state index in [0.29, 0.717) is 0 Å². The van der Waals surface area contributed by atoms with Crippen LogP contribution in [0.15, 0.2) is 0 Å². The number of esters is 2. The monoisotopic (exact) mass is 328 g/mol. The molecule has 0 amide bonds. The number of carbonyl (C=O) groups is 2. The summed E-state index contributed by atoms with van der Waals surface area (Å²) in [5.74, 6) is -2.25. The van der Waals surface area contributed by atoms with Gasteiger partial charge in [-0.05, 0) is 25.7 Å². The topological polar surface area (TPSA) is 134 Å². The van der Waals surface area contributed by atoms with E-state index >= 15 is 0 Å². The second kappa shape index (κ2) is 3.88. The van der Waals surface area contributed by atoms with Crippen molar-refractivity contribution in [2.75, 3.05) is 6.61 Å².